The number of benzene rings is 1. The van der Waals surface area contributed by atoms with Crippen molar-refractivity contribution in [2.24, 2.45) is 0 Å². The maximum Gasteiger partial charge on any atom is 0.0992 e. The molecule has 1 aliphatic rings. The van der Waals surface area contributed by atoms with Crippen LogP contribution >= 0.6 is 15.9 Å². The van der Waals surface area contributed by atoms with Gasteiger partial charge in [-0.05, 0) is 44.9 Å². The molecule has 2 atom stereocenters. The number of halogens is 1. The molecule has 4 heteroatoms. The fraction of sp³-hybridized carbons (Fsp3) is 0.500. The van der Waals surface area contributed by atoms with E-state index in [0.717, 1.165) is 10.2 Å². The Bertz CT molecular complexity index is 457. The number of hydrogen-bond acceptors (Lipinski definition) is 3. The zero-order valence-electron chi connectivity index (χ0n) is 10.8. The van der Waals surface area contributed by atoms with E-state index in [2.05, 4.69) is 46.3 Å². The third-order valence-electron chi connectivity index (χ3n) is 3.48. The fourth-order valence-corrected chi connectivity index (χ4v) is 3.00. The van der Waals surface area contributed by atoms with Gasteiger partial charge in [0.05, 0.1) is 17.3 Å². The number of nitrogens with one attached hydrogen (secondary N) is 1. The van der Waals surface area contributed by atoms with E-state index in [1.807, 2.05) is 18.2 Å². The summed E-state index contributed by atoms with van der Waals surface area (Å²) in [6.45, 7) is 4.48. The summed E-state index contributed by atoms with van der Waals surface area (Å²) in [7, 11) is 0. The molecule has 1 N–H and O–H groups in total. The van der Waals surface area contributed by atoms with Crippen LogP contribution in [0.25, 0.3) is 0 Å². The normalized spacial score (nSPS) is 24.6. The van der Waals surface area contributed by atoms with E-state index in [-0.39, 0.29) is 0 Å². The van der Waals surface area contributed by atoms with Gasteiger partial charge in [0.2, 0.25) is 0 Å². The minimum atomic E-state index is 0.526. The Morgan fingerprint density at radius 2 is 1.94 bits per heavy atom. The lowest BCUT2D eigenvalue weighted by Gasteiger charge is -2.39. The monoisotopic (exact) mass is 307 g/mol. The highest BCUT2D eigenvalue weighted by molar-refractivity contribution is 9.10. The predicted octanol–water partition coefficient (Wildman–Crippen LogP) is 3.91. The molecule has 2 unspecified atom stereocenters. The lowest BCUT2D eigenvalue weighted by atomic mass is 10.00. The Balaban J connectivity index is 2.17. The predicted molar refractivity (Wildman–Crippen MR) is 77.1 cm³/mol. The molecule has 0 radical (unpaired) electrons. The molecule has 3 nitrogen and oxygen atoms in total. The van der Waals surface area contributed by atoms with Crippen molar-refractivity contribution in [3.05, 3.63) is 28.2 Å². The summed E-state index contributed by atoms with van der Waals surface area (Å²) in [6.07, 6.45) is 3.73. The summed E-state index contributed by atoms with van der Waals surface area (Å²) in [6, 6.07) is 8.96. The summed E-state index contributed by atoms with van der Waals surface area (Å²) in [4.78, 5) is 0. The third kappa shape index (κ3) is 3.04. The minimum absolute atomic E-state index is 0.526. The van der Waals surface area contributed by atoms with Crippen LogP contribution in [0.15, 0.2) is 22.7 Å². The van der Waals surface area contributed by atoms with Crippen LogP contribution in [0.1, 0.15) is 38.7 Å². The van der Waals surface area contributed by atoms with E-state index in [9.17, 15) is 0 Å². The fourth-order valence-electron chi connectivity index (χ4n) is 2.51. The Morgan fingerprint density at radius 3 is 2.56 bits per heavy atom. The molecule has 18 heavy (non-hydrogen) atoms. The smallest absolute Gasteiger partial charge is 0.0992 e. The van der Waals surface area contributed by atoms with Crippen molar-refractivity contribution in [1.29, 1.82) is 5.26 Å². The highest BCUT2D eigenvalue weighted by Gasteiger charge is 2.24. The minimum Gasteiger partial charge on any atom is -0.318 e. The van der Waals surface area contributed by atoms with E-state index < -0.39 is 0 Å². The molecule has 96 valence electrons. The lowest BCUT2D eigenvalue weighted by Crippen LogP contribution is -2.47. The van der Waals surface area contributed by atoms with Crippen molar-refractivity contribution >= 4 is 21.6 Å². The molecule has 2 rings (SSSR count). The summed E-state index contributed by atoms with van der Waals surface area (Å²) < 4.78 is 0.932. The molecule has 1 heterocycles. The van der Waals surface area contributed by atoms with Crippen molar-refractivity contribution in [3.8, 4) is 6.07 Å². The van der Waals surface area contributed by atoms with Crippen LogP contribution in [-0.2, 0) is 0 Å². The molecule has 0 aromatic heterocycles. The number of rotatable bonds is 2. The molecule has 0 amide bonds. The molecule has 1 aromatic rings. The van der Waals surface area contributed by atoms with Crippen LogP contribution in [0.3, 0.4) is 0 Å². The quantitative estimate of drug-likeness (QED) is 0.900. The SMILES string of the molecule is CC1CCCC(C)N1Nc1cc(Br)cc(C#N)c1. The van der Waals surface area contributed by atoms with Gasteiger partial charge in [0.1, 0.15) is 0 Å². The third-order valence-corrected chi connectivity index (χ3v) is 3.94. The Morgan fingerprint density at radius 1 is 1.28 bits per heavy atom. The van der Waals surface area contributed by atoms with Gasteiger partial charge in [-0.1, -0.05) is 22.4 Å². The molecule has 0 aliphatic carbocycles. The lowest BCUT2D eigenvalue weighted by molar-refractivity contribution is 0.136. The molecule has 1 aromatic carbocycles. The van der Waals surface area contributed by atoms with Gasteiger partial charge in [0, 0.05) is 16.6 Å². The van der Waals surface area contributed by atoms with E-state index in [1.165, 1.54) is 19.3 Å². The van der Waals surface area contributed by atoms with Gasteiger partial charge in [-0.25, -0.2) is 5.01 Å². The van der Waals surface area contributed by atoms with Gasteiger partial charge < -0.3 is 5.43 Å². The van der Waals surface area contributed by atoms with Crippen molar-refractivity contribution in [2.45, 2.75) is 45.2 Å². The highest BCUT2D eigenvalue weighted by Crippen LogP contribution is 2.25. The number of nitriles is 1. The second-order valence-electron chi connectivity index (χ2n) is 4.99. The first-order chi connectivity index (χ1) is 8.60. The van der Waals surface area contributed by atoms with Gasteiger partial charge >= 0.3 is 0 Å². The molecule has 0 bridgehead atoms. The maximum atomic E-state index is 8.98. The second kappa shape index (κ2) is 5.73. The second-order valence-corrected chi connectivity index (χ2v) is 5.90. The van der Waals surface area contributed by atoms with Crippen molar-refractivity contribution in [3.63, 3.8) is 0 Å². The van der Waals surface area contributed by atoms with E-state index in [0.29, 0.717) is 17.6 Å². The van der Waals surface area contributed by atoms with Crippen LogP contribution in [0, 0.1) is 11.3 Å². The van der Waals surface area contributed by atoms with Crippen LogP contribution in [0.4, 0.5) is 5.69 Å². The standard InChI is InChI=1S/C14H18BrN3/c1-10-4-3-5-11(2)18(10)17-14-7-12(9-16)6-13(15)8-14/h6-8,10-11,17H,3-5H2,1-2H3. The molecule has 1 aliphatic heterocycles. The molecular weight excluding hydrogens is 290 g/mol. The van der Waals surface area contributed by atoms with Gasteiger partial charge in [0.15, 0.2) is 0 Å². The van der Waals surface area contributed by atoms with Gasteiger partial charge in [0.25, 0.3) is 0 Å². The van der Waals surface area contributed by atoms with Gasteiger partial charge in [-0.15, -0.1) is 0 Å². The van der Waals surface area contributed by atoms with E-state index in [4.69, 9.17) is 5.26 Å². The summed E-state index contributed by atoms with van der Waals surface area (Å²) in [5, 5.41) is 11.3. The number of nitrogens with zero attached hydrogens (tertiary/aromatic N) is 2. The van der Waals surface area contributed by atoms with Gasteiger partial charge in [-0.2, -0.15) is 5.26 Å². The van der Waals surface area contributed by atoms with E-state index >= 15 is 0 Å². The van der Waals surface area contributed by atoms with E-state index in [1.54, 1.807) is 0 Å². The van der Waals surface area contributed by atoms with Crippen molar-refractivity contribution in [2.75, 3.05) is 5.43 Å². The number of hydrazine groups is 1. The van der Waals surface area contributed by atoms with Crippen molar-refractivity contribution < 1.29 is 0 Å². The first kappa shape index (κ1) is 13.4. The van der Waals surface area contributed by atoms with Crippen LogP contribution in [-0.4, -0.2) is 17.1 Å². The summed E-state index contributed by atoms with van der Waals surface area (Å²) >= 11 is 3.44. The first-order valence-corrected chi connectivity index (χ1v) is 7.15. The molecule has 1 fully saturated rings. The van der Waals surface area contributed by atoms with Gasteiger partial charge in [-0.3, -0.25) is 0 Å². The highest BCUT2D eigenvalue weighted by atomic mass is 79.9. The topological polar surface area (TPSA) is 39.1 Å². The molecule has 1 saturated heterocycles. The van der Waals surface area contributed by atoms with Crippen LogP contribution in [0.2, 0.25) is 0 Å². The average molecular weight is 308 g/mol. The zero-order chi connectivity index (χ0) is 13.1. The molecule has 0 spiro atoms. The summed E-state index contributed by atoms with van der Waals surface area (Å²) in [5.74, 6) is 0. The first-order valence-electron chi connectivity index (χ1n) is 6.36. The summed E-state index contributed by atoms with van der Waals surface area (Å²) in [5.41, 5.74) is 5.09. The Hall–Kier alpha value is -1.05. The Labute approximate surface area is 117 Å². The number of piperidine rings is 1. The molecule has 0 saturated carbocycles. The number of hydrogen-bond donors (Lipinski definition) is 1. The Kier molecular flexibility index (Phi) is 4.26. The van der Waals surface area contributed by atoms with Crippen LogP contribution < -0.4 is 5.43 Å². The largest absolute Gasteiger partial charge is 0.318 e. The average Bonchev–Trinajstić information content (AvgIpc) is 2.33. The maximum absolute atomic E-state index is 8.98. The van der Waals surface area contributed by atoms with Crippen LogP contribution in [0.5, 0.6) is 0 Å². The van der Waals surface area contributed by atoms with Crippen molar-refractivity contribution in [1.82, 2.24) is 5.01 Å². The number of anilines is 1. The molecular formula is C14H18BrN3. The zero-order valence-corrected chi connectivity index (χ0v) is 12.4.